The van der Waals surface area contributed by atoms with E-state index in [0.717, 1.165) is 17.7 Å². The Hall–Kier alpha value is -3.32. The van der Waals surface area contributed by atoms with Crippen molar-refractivity contribution in [3.05, 3.63) is 82.9 Å². The number of hydrogen-bond acceptors (Lipinski definition) is 3. The Labute approximate surface area is 184 Å². The summed E-state index contributed by atoms with van der Waals surface area (Å²) >= 11 is 0. The third-order valence-corrected chi connectivity index (χ3v) is 5.14. The van der Waals surface area contributed by atoms with Crippen molar-refractivity contribution in [2.75, 3.05) is 0 Å². The van der Waals surface area contributed by atoms with Gasteiger partial charge in [-0.15, -0.1) is 0 Å². The summed E-state index contributed by atoms with van der Waals surface area (Å²) in [4.78, 5) is 12.1. The van der Waals surface area contributed by atoms with Crippen LogP contribution < -0.4 is 10.5 Å². The third-order valence-electron chi connectivity index (χ3n) is 5.14. The van der Waals surface area contributed by atoms with Crippen LogP contribution in [0.15, 0.2) is 60.7 Å². The van der Waals surface area contributed by atoms with Crippen molar-refractivity contribution in [3.8, 4) is 22.6 Å². The number of aryl methyl sites for hydroxylation is 1. The maximum Gasteiger partial charge on any atom is 0.416 e. The van der Waals surface area contributed by atoms with E-state index in [2.05, 4.69) is 0 Å². The van der Waals surface area contributed by atoms with E-state index in [1.807, 2.05) is 12.1 Å². The molecule has 0 unspecified atom stereocenters. The number of alkyl halides is 3. The van der Waals surface area contributed by atoms with Gasteiger partial charge in [-0.2, -0.15) is 13.2 Å². The second-order valence-corrected chi connectivity index (χ2v) is 7.99. The monoisotopic (exact) mass is 443 g/mol. The van der Waals surface area contributed by atoms with Gasteiger partial charge >= 0.3 is 6.18 Å². The molecule has 0 heterocycles. The lowest BCUT2D eigenvalue weighted by Gasteiger charge is -2.19. The van der Waals surface area contributed by atoms with Gasteiger partial charge in [0.2, 0.25) is 0 Å². The van der Waals surface area contributed by atoms with Crippen molar-refractivity contribution in [1.82, 2.24) is 0 Å². The Kier molecular flexibility index (Phi) is 6.32. The molecule has 0 atom stereocenters. The zero-order chi connectivity index (χ0) is 23.7. The summed E-state index contributed by atoms with van der Waals surface area (Å²) in [7, 11) is 0. The topological polar surface area (TPSA) is 72.6 Å². The lowest BCUT2D eigenvalue weighted by atomic mass is 9.93. The molecule has 0 saturated heterocycles. The number of carbonyl (C=O) groups excluding carboxylic acids is 1. The maximum absolute atomic E-state index is 13.0. The fourth-order valence-corrected chi connectivity index (χ4v) is 3.32. The molecule has 3 N–H and O–H groups in total. The quantitative estimate of drug-likeness (QED) is 0.487. The number of hydrogen-bond donors (Lipinski definition) is 2. The summed E-state index contributed by atoms with van der Waals surface area (Å²) in [5.74, 6) is -0.361. The van der Waals surface area contributed by atoms with Crippen LogP contribution in [0.3, 0.4) is 0 Å². The van der Waals surface area contributed by atoms with Crippen molar-refractivity contribution >= 4 is 5.91 Å². The molecule has 32 heavy (non-hydrogen) atoms. The van der Waals surface area contributed by atoms with Gasteiger partial charge < -0.3 is 15.6 Å². The van der Waals surface area contributed by atoms with Gasteiger partial charge in [-0.25, -0.2) is 0 Å². The first-order chi connectivity index (χ1) is 14.9. The lowest BCUT2D eigenvalue weighted by molar-refractivity contribution is -0.137. The van der Waals surface area contributed by atoms with Crippen molar-refractivity contribution < 1.29 is 27.8 Å². The predicted molar refractivity (Wildman–Crippen MR) is 117 cm³/mol. The van der Waals surface area contributed by atoms with E-state index >= 15 is 0 Å². The molecule has 0 spiro atoms. The Morgan fingerprint density at radius 1 is 0.938 bits per heavy atom. The first-order valence-corrected chi connectivity index (χ1v) is 10.0. The van der Waals surface area contributed by atoms with Crippen LogP contribution in [-0.2, 0) is 18.2 Å². The molecular formula is C25H24F3NO3. The molecule has 0 bridgehead atoms. The first kappa shape index (κ1) is 23.3. The first-order valence-electron chi connectivity index (χ1n) is 10.0. The van der Waals surface area contributed by atoms with Crippen LogP contribution >= 0.6 is 0 Å². The van der Waals surface area contributed by atoms with Crippen LogP contribution in [0.5, 0.6) is 11.5 Å². The number of primary amides is 1. The largest absolute Gasteiger partial charge is 0.456 e. The van der Waals surface area contributed by atoms with Crippen molar-refractivity contribution in [2.45, 2.75) is 39.0 Å². The molecule has 0 aliphatic carbocycles. The number of ether oxygens (including phenoxy) is 1. The molecule has 0 aliphatic heterocycles. The Bertz CT molecular complexity index is 1150. The van der Waals surface area contributed by atoms with E-state index in [9.17, 15) is 23.1 Å². The van der Waals surface area contributed by atoms with Crippen molar-refractivity contribution in [1.29, 1.82) is 0 Å². The molecule has 0 fully saturated rings. The minimum Gasteiger partial charge on any atom is -0.456 e. The molecule has 7 heteroatoms. The molecule has 3 aromatic rings. The predicted octanol–water partition coefficient (Wildman–Crippen LogP) is 6.05. The van der Waals surface area contributed by atoms with Crippen molar-refractivity contribution in [2.24, 2.45) is 5.73 Å². The normalized spacial score (nSPS) is 12.0. The molecule has 3 rings (SSSR count). The number of benzene rings is 3. The molecule has 1 amide bonds. The van der Waals surface area contributed by atoms with Crippen LogP contribution in [0.2, 0.25) is 0 Å². The molecule has 0 aliphatic rings. The highest BCUT2D eigenvalue weighted by molar-refractivity contribution is 5.97. The minimum absolute atomic E-state index is 0.0955. The second-order valence-electron chi connectivity index (χ2n) is 7.99. The van der Waals surface area contributed by atoms with E-state index in [1.165, 1.54) is 6.07 Å². The summed E-state index contributed by atoms with van der Waals surface area (Å²) in [6, 6.07) is 15.3. The fourth-order valence-electron chi connectivity index (χ4n) is 3.32. The number of aliphatic hydroxyl groups is 1. The van der Waals surface area contributed by atoms with Gasteiger partial charge in [-0.3, -0.25) is 4.79 Å². The van der Waals surface area contributed by atoms with Crippen LogP contribution in [-0.4, -0.2) is 11.0 Å². The number of nitrogens with two attached hydrogens (primary N) is 1. The zero-order valence-corrected chi connectivity index (χ0v) is 18.0. The minimum atomic E-state index is -4.46. The highest BCUT2D eigenvalue weighted by Crippen LogP contribution is 2.36. The zero-order valence-electron chi connectivity index (χ0n) is 18.0. The van der Waals surface area contributed by atoms with Crippen LogP contribution in [0, 0.1) is 0 Å². The molecular weight excluding hydrogens is 419 g/mol. The number of amides is 1. The van der Waals surface area contributed by atoms with Gasteiger partial charge in [0.15, 0.2) is 0 Å². The Balaban J connectivity index is 2.01. The summed E-state index contributed by atoms with van der Waals surface area (Å²) in [5.41, 5.74) is 6.36. The van der Waals surface area contributed by atoms with Gasteiger partial charge in [-0.05, 0) is 78.9 Å². The molecule has 0 saturated carbocycles. The average Bonchev–Trinajstić information content (AvgIpc) is 2.72. The highest BCUT2D eigenvalue weighted by atomic mass is 19.4. The van der Waals surface area contributed by atoms with Crippen molar-refractivity contribution in [3.63, 3.8) is 0 Å². The van der Waals surface area contributed by atoms with Gasteiger partial charge in [0.25, 0.3) is 5.91 Å². The van der Waals surface area contributed by atoms with Crippen LogP contribution in [0.25, 0.3) is 11.1 Å². The third kappa shape index (κ3) is 5.11. The number of carbonyl (C=O) groups is 1. The summed E-state index contributed by atoms with van der Waals surface area (Å²) in [6.45, 7) is 5.07. The van der Waals surface area contributed by atoms with E-state index in [-0.39, 0.29) is 17.1 Å². The molecule has 168 valence electrons. The Morgan fingerprint density at radius 2 is 1.59 bits per heavy atom. The van der Waals surface area contributed by atoms with Gasteiger partial charge in [0.1, 0.15) is 11.5 Å². The van der Waals surface area contributed by atoms with Gasteiger partial charge in [0, 0.05) is 0 Å². The molecule has 0 aromatic heterocycles. The smallest absolute Gasteiger partial charge is 0.416 e. The molecule has 3 aromatic carbocycles. The highest BCUT2D eigenvalue weighted by Gasteiger charge is 2.31. The van der Waals surface area contributed by atoms with Crippen LogP contribution in [0.1, 0.15) is 47.8 Å². The standard InChI is InChI=1S/C25H24F3NO3/c1-4-15-12-19(25(26,27)28)9-11-21(15)32-22-10-8-17(14-20(22)23(29)30)16-6-5-7-18(13-16)24(2,3)31/h5-14,31H,4H2,1-3H3,(H2,29,30). The van der Waals surface area contributed by atoms with E-state index in [0.29, 0.717) is 23.1 Å². The average molecular weight is 443 g/mol. The van der Waals surface area contributed by atoms with Crippen LogP contribution in [0.4, 0.5) is 13.2 Å². The van der Waals surface area contributed by atoms with Gasteiger partial charge in [-0.1, -0.05) is 31.2 Å². The summed E-state index contributed by atoms with van der Waals surface area (Å²) < 4.78 is 44.9. The van der Waals surface area contributed by atoms with E-state index in [4.69, 9.17) is 10.5 Å². The molecule has 4 nitrogen and oxygen atoms in total. The number of halogens is 3. The summed E-state index contributed by atoms with van der Waals surface area (Å²) in [5, 5.41) is 10.3. The second kappa shape index (κ2) is 8.67. The van der Waals surface area contributed by atoms with Gasteiger partial charge in [0.05, 0.1) is 16.7 Å². The SMILES string of the molecule is CCc1cc(C(F)(F)F)ccc1Oc1ccc(-c2cccc(C(C)(C)O)c2)cc1C(N)=O. The van der Waals surface area contributed by atoms with E-state index < -0.39 is 23.2 Å². The van der Waals surface area contributed by atoms with E-state index in [1.54, 1.807) is 51.1 Å². The lowest BCUT2D eigenvalue weighted by Crippen LogP contribution is -2.15. The maximum atomic E-state index is 13.0. The Morgan fingerprint density at radius 3 is 2.19 bits per heavy atom. The fraction of sp³-hybridized carbons (Fsp3) is 0.240. The molecule has 0 radical (unpaired) electrons. The summed E-state index contributed by atoms with van der Waals surface area (Å²) in [6.07, 6.45) is -4.15. The number of rotatable bonds is 6.